The van der Waals surface area contributed by atoms with Crippen molar-refractivity contribution in [3.8, 4) is 0 Å². The van der Waals surface area contributed by atoms with Crippen molar-refractivity contribution in [2.45, 2.75) is 49.1 Å². The summed E-state index contributed by atoms with van der Waals surface area (Å²) in [7, 11) is -2.25. The maximum absolute atomic E-state index is 12.9. The molecule has 1 heterocycles. The van der Waals surface area contributed by atoms with Crippen molar-refractivity contribution in [2.24, 2.45) is 5.92 Å². The molecule has 136 valence electrons. The van der Waals surface area contributed by atoms with Gasteiger partial charge in [-0.2, -0.15) is 0 Å². The van der Waals surface area contributed by atoms with Crippen LogP contribution in [0.2, 0.25) is 0 Å². The second kappa shape index (κ2) is 6.76. The largest absolute Gasteiger partial charge is 0.480 e. The molecule has 2 aliphatic rings. The number of benzene rings is 1. The molecule has 1 saturated carbocycles. The fourth-order valence-electron chi connectivity index (χ4n) is 4.02. The van der Waals surface area contributed by atoms with Gasteiger partial charge in [0, 0.05) is 11.6 Å². The standard InChI is InChI=1S/C17H22N2O5S/c1-18-25(23,24)13-8-6-11(7-9-13)16(20)19-14-5-3-2-4-12(14)10-15(19)17(21)22/h6-9,12,14-15,18H,2-5,10H2,1H3,(H,21,22)/t12-,14+,15+/m1/s1. The summed E-state index contributed by atoms with van der Waals surface area (Å²) in [6.45, 7) is 0. The number of sulfonamides is 1. The highest BCUT2D eigenvalue weighted by molar-refractivity contribution is 7.89. The van der Waals surface area contributed by atoms with Gasteiger partial charge in [0.25, 0.3) is 5.91 Å². The molecule has 8 heteroatoms. The number of hydrogen-bond acceptors (Lipinski definition) is 4. The molecule has 1 saturated heterocycles. The smallest absolute Gasteiger partial charge is 0.326 e. The Morgan fingerprint density at radius 1 is 1.16 bits per heavy atom. The van der Waals surface area contributed by atoms with Crippen molar-refractivity contribution in [3.63, 3.8) is 0 Å². The number of rotatable bonds is 4. The third-order valence-corrected chi connectivity index (χ3v) is 6.72. The van der Waals surface area contributed by atoms with Crippen molar-refractivity contribution in [1.29, 1.82) is 0 Å². The van der Waals surface area contributed by atoms with Crippen molar-refractivity contribution < 1.29 is 23.1 Å². The summed E-state index contributed by atoms with van der Waals surface area (Å²) in [6.07, 6.45) is 4.35. The number of carbonyl (C=O) groups excluding carboxylic acids is 1. The average Bonchev–Trinajstić information content (AvgIpc) is 3.01. The Kier molecular flexibility index (Phi) is 4.83. The third kappa shape index (κ3) is 3.28. The molecule has 0 bridgehead atoms. The predicted octanol–water partition coefficient (Wildman–Crippen LogP) is 1.45. The molecule has 3 rings (SSSR count). The van der Waals surface area contributed by atoms with E-state index >= 15 is 0 Å². The SMILES string of the molecule is CNS(=O)(=O)c1ccc(C(=O)N2[C@H](C(=O)O)C[C@H]3CCCC[C@@H]32)cc1. The van der Waals surface area contributed by atoms with Crippen molar-refractivity contribution in [3.05, 3.63) is 29.8 Å². The van der Waals surface area contributed by atoms with Crippen molar-refractivity contribution in [1.82, 2.24) is 9.62 Å². The van der Waals surface area contributed by atoms with Gasteiger partial charge in [0.05, 0.1) is 4.90 Å². The molecule has 1 aromatic carbocycles. The van der Waals surface area contributed by atoms with Gasteiger partial charge in [-0.15, -0.1) is 0 Å². The van der Waals surface area contributed by atoms with Gasteiger partial charge in [0.2, 0.25) is 10.0 Å². The highest BCUT2D eigenvalue weighted by atomic mass is 32.2. The van der Waals surface area contributed by atoms with Gasteiger partial charge in [0.1, 0.15) is 6.04 Å². The van der Waals surface area contributed by atoms with E-state index in [2.05, 4.69) is 4.72 Å². The minimum Gasteiger partial charge on any atom is -0.480 e. The summed E-state index contributed by atoms with van der Waals surface area (Å²) in [5.74, 6) is -1.07. The molecule has 0 aromatic heterocycles. The van der Waals surface area contributed by atoms with Crippen LogP contribution in [0, 0.1) is 5.92 Å². The quantitative estimate of drug-likeness (QED) is 0.839. The van der Waals surface area contributed by atoms with Gasteiger partial charge < -0.3 is 10.0 Å². The van der Waals surface area contributed by atoms with Crippen LogP contribution in [0.25, 0.3) is 0 Å². The fourth-order valence-corrected chi connectivity index (χ4v) is 4.75. The summed E-state index contributed by atoms with van der Waals surface area (Å²) in [6, 6.07) is 4.78. The van der Waals surface area contributed by atoms with Crippen molar-refractivity contribution in [2.75, 3.05) is 7.05 Å². The van der Waals surface area contributed by atoms with E-state index in [0.717, 1.165) is 25.7 Å². The minimum absolute atomic E-state index is 0.0388. The zero-order chi connectivity index (χ0) is 18.2. The van der Waals surface area contributed by atoms with Gasteiger partial charge in [-0.05, 0) is 56.5 Å². The van der Waals surface area contributed by atoms with Crippen LogP contribution in [-0.2, 0) is 14.8 Å². The van der Waals surface area contributed by atoms with E-state index in [1.807, 2.05) is 0 Å². The molecule has 1 aliphatic carbocycles. The number of hydrogen-bond donors (Lipinski definition) is 2. The van der Waals surface area contributed by atoms with Crippen LogP contribution in [0.15, 0.2) is 29.2 Å². The maximum atomic E-state index is 12.9. The lowest BCUT2D eigenvalue weighted by atomic mass is 9.84. The van der Waals surface area contributed by atoms with E-state index in [-0.39, 0.29) is 22.8 Å². The highest BCUT2D eigenvalue weighted by Crippen LogP contribution is 2.40. The number of nitrogens with one attached hydrogen (secondary N) is 1. The number of fused-ring (bicyclic) bond motifs is 1. The van der Waals surface area contributed by atoms with Crippen LogP contribution in [0.5, 0.6) is 0 Å². The Morgan fingerprint density at radius 2 is 1.80 bits per heavy atom. The summed E-state index contributed by atoms with van der Waals surface area (Å²) in [4.78, 5) is 26.2. The molecule has 0 radical (unpaired) electrons. The van der Waals surface area contributed by atoms with E-state index in [9.17, 15) is 23.1 Å². The Balaban J connectivity index is 1.89. The molecule has 3 atom stereocenters. The Bertz CT molecular complexity index is 775. The average molecular weight is 366 g/mol. The van der Waals surface area contributed by atoms with E-state index in [4.69, 9.17) is 0 Å². The monoisotopic (exact) mass is 366 g/mol. The normalized spacial score (nSPS) is 26.3. The van der Waals surface area contributed by atoms with Gasteiger partial charge in [0.15, 0.2) is 0 Å². The summed E-state index contributed by atoms with van der Waals surface area (Å²) >= 11 is 0. The van der Waals surface area contributed by atoms with Gasteiger partial charge in [-0.1, -0.05) is 12.8 Å². The Labute approximate surface area is 147 Å². The third-order valence-electron chi connectivity index (χ3n) is 5.29. The molecule has 25 heavy (non-hydrogen) atoms. The lowest BCUT2D eigenvalue weighted by Gasteiger charge is -2.33. The van der Waals surface area contributed by atoms with Crippen LogP contribution < -0.4 is 4.72 Å². The zero-order valence-corrected chi connectivity index (χ0v) is 14.8. The number of carboxylic acid groups (broad SMARTS) is 1. The second-order valence-electron chi connectivity index (χ2n) is 6.65. The van der Waals surface area contributed by atoms with E-state index in [0.29, 0.717) is 12.0 Å². The first-order valence-electron chi connectivity index (χ1n) is 8.44. The zero-order valence-electron chi connectivity index (χ0n) is 14.0. The molecular formula is C17H22N2O5S. The number of aliphatic carboxylic acids is 1. The Hall–Kier alpha value is -1.93. The summed E-state index contributed by atoms with van der Waals surface area (Å²) < 4.78 is 25.8. The topological polar surface area (TPSA) is 104 Å². The first-order valence-corrected chi connectivity index (χ1v) is 9.92. The van der Waals surface area contributed by atoms with Gasteiger partial charge in [-0.3, -0.25) is 4.79 Å². The number of likely N-dealkylation sites (tertiary alicyclic amines) is 1. The van der Waals surface area contributed by atoms with Crippen molar-refractivity contribution >= 4 is 21.9 Å². The fraction of sp³-hybridized carbons (Fsp3) is 0.529. The van der Waals surface area contributed by atoms with E-state index in [1.165, 1.54) is 36.2 Å². The molecular weight excluding hydrogens is 344 g/mol. The Morgan fingerprint density at radius 3 is 2.40 bits per heavy atom. The first-order chi connectivity index (χ1) is 11.8. The lowest BCUT2D eigenvalue weighted by molar-refractivity contribution is -0.141. The highest BCUT2D eigenvalue weighted by Gasteiger charge is 2.47. The van der Waals surface area contributed by atoms with Crippen LogP contribution in [0.3, 0.4) is 0 Å². The first kappa shape index (κ1) is 17.9. The minimum atomic E-state index is -3.57. The van der Waals surface area contributed by atoms with Crippen LogP contribution in [0.1, 0.15) is 42.5 Å². The molecule has 0 unspecified atom stereocenters. The molecule has 0 spiro atoms. The van der Waals surface area contributed by atoms with Gasteiger partial charge in [-0.25, -0.2) is 17.9 Å². The van der Waals surface area contributed by atoms with E-state index < -0.39 is 22.0 Å². The molecule has 1 aliphatic heterocycles. The molecule has 2 N–H and O–H groups in total. The molecule has 1 amide bonds. The van der Waals surface area contributed by atoms with Crippen LogP contribution >= 0.6 is 0 Å². The summed E-state index contributed by atoms with van der Waals surface area (Å²) in [5.41, 5.74) is 0.313. The van der Waals surface area contributed by atoms with Crippen LogP contribution in [-0.4, -0.2) is 49.4 Å². The number of carbonyl (C=O) groups is 2. The maximum Gasteiger partial charge on any atom is 0.326 e. The molecule has 1 aromatic rings. The molecule has 2 fully saturated rings. The lowest BCUT2D eigenvalue weighted by Crippen LogP contribution is -2.46. The number of carboxylic acids is 1. The number of nitrogens with zero attached hydrogens (tertiary/aromatic N) is 1. The van der Waals surface area contributed by atoms with E-state index in [1.54, 1.807) is 0 Å². The summed E-state index contributed by atoms with van der Waals surface area (Å²) in [5, 5.41) is 9.53. The van der Waals surface area contributed by atoms with Crippen LogP contribution in [0.4, 0.5) is 0 Å². The second-order valence-corrected chi connectivity index (χ2v) is 8.53. The predicted molar refractivity (Wildman–Crippen MR) is 90.6 cm³/mol. The number of amides is 1. The van der Waals surface area contributed by atoms with Gasteiger partial charge >= 0.3 is 5.97 Å². The molecule has 7 nitrogen and oxygen atoms in total.